The van der Waals surface area contributed by atoms with E-state index in [-0.39, 0.29) is 30.8 Å². The molecule has 5 rings (SSSR count). The van der Waals surface area contributed by atoms with Crippen LogP contribution in [0, 0.1) is 17.3 Å². The van der Waals surface area contributed by atoms with E-state index >= 15 is 0 Å². The number of amides is 2. The number of halogens is 1. The van der Waals surface area contributed by atoms with E-state index in [0.29, 0.717) is 18.3 Å². The van der Waals surface area contributed by atoms with Gasteiger partial charge in [0.05, 0.1) is 17.6 Å². The van der Waals surface area contributed by atoms with Crippen LogP contribution in [0.5, 0.6) is 0 Å². The molecule has 0 aromatic rings. The molecule has 24 heavy (non-hydrogen) atoms. The van der Waals surface area contributed by atoms with Gasteiger partial charge in [-0.2, -0.15) is 11.8 Å². The molecule has 5 nitrogen and oxygen atoms in total. The second-order valence-corrected chi connectivity index (χ2v) is 9.37. The number of thioether (sulfide) groups is 1. The van der Waals surface area contributed by atoms with Crippen molar-refractivity contribution in [3.05, 3.63) is 0 Å². The predicted octanol–water partition coefficient (Wildman–Crippen LogP) is 1.43. The van der Waals surface area contributed by atoms with Crippen molar-refractivity contribution < 1.29 is 14.7 Å². The third-order valence-electron chi connectivity index (χ3n) is 6.28. The van der Waals surface area contributed by atoms with E-state index in [9.17, 15) is 14.7 Å². The van der Waals surface area contributed by atoms with Gasteiger partial charge in [0, 0.05) is 24.6 Å². The van der Waals surface area contributed by atoms with Crippen LogP contribution in [-0.4, -0.2) is 58.6 Å². The maximum atomic E-state index is 12.8. The second-order valence-electron chi connectivity index (χ2n) is 8.14. The Morgan fingerprint density at radius 1 is 1.12 bits per heavy atom. The van der Waals surface area contributed by atoms with Crippen LogP contribution in [0.15, 0.2) is 0 Å². The highest BCUT2D eigenvalue weighted by atomic mass is 35.5. The van der Waals surface area contributed by atoms with Gasteiger partial charge in [0.15, 0.2) is 0 Å². The van der Waals surface area contributed by atoms with Crippen LogP contribution < -0.4 is 5.32 Å². The SMILES string of the molecule is Cl.O=C(CNC(=O)C12CC3CC(CC(O)(C3)C1)C2)N1CCSCC1. The monoisotopic (exact) mass is 374 g/mol. The van der Waals surface area contributed by atoms with E-state index in [2.05, 4.69) is 5.32 Å². The Balaban J connectivity index is 0.00000169. The molecule has 2 unspecified atom stereocenters. The highest BCUT2D eigenvalue weighted by Gasteiger charge is 2.60. The van der Waals surface area contributed by atoms with E-state index in [1.807, 2.05) is 16.7 Å². The van der Waals surface area contributed by atoms with Gasteiger partial charge in [-0.1, -0.05) is 0 Å². The summed E-state index contributed by atoms with van der Waals surface area (Å²) in [6.07, 6.45) is 5.28. The lowest BCUT2D eigenvalue weighted by molar-refractivity contribution is -0.178. The van der Waals surface area contributed by atoms with Gasteiger partial charge in [0.25, 0.3) is 0 Å². The van der Waals surface area contributed by atoms with E-state index in [4.69, 9.17) is 0 Å². The van der Waals surface area contributed by atoms with Crippen molar-refractivity contribution in [3.8, 4) is 0 Å². The summed E-state index contributed by atoms with van der Waals surface area (Å²) in [6.45, 7) is 1.68. The van der Waals surface area contributed by atoms with Gasteiger partial charge in [-0.15, -0.1) is 12.4 Å². The summed E-state index contributed by atoms with van der Waals surface area (Å²) >= 11 is 1.87. The molecular formula is C17H27ClN2O3S. The zero-order valence-electron chi connectivity index (χ0n) is 14.0. The van der Waals surface area contributed by atoms with Gasteiger partial charge in [0.2, 0.25) is 11.8 Å². The van der Waals surface area contributed by atoms with Crippen molar-refractivity contribution in [2.24, 2.45) is 17.3 Å². The Labute approximate surface area is 153 Å². The molecule has 2 amide bonds. The molecule has 7 heteroatoms. The molecule has 0 spiro atoms. The second kappa shape index (κ2) is 6.69. The van der Waals surface area contributed by atoms with Crippen molar-refractivity contribution in [2.45, 2.75) is 44.1 Å². The standard InChI is InChI=1S/C17H26N2O3S.ClH/c20-14(19-1-3-23-4-2-19)10-18-15(21)16-6-12-5-13(7-16)9-17(22,8-12)11-16;/h12-13,22H,1-11H2,(H,18,21);1H. The summed E-state index contributed by atoms with van der Waals surface area (Å²) in [6, 6.07) is 0. The fraction of sp³-hybridized carbons (Fsp3) is 0.882. The molecule has 1 heterocycles. The first-order valence-electron chi connectivity index (χ1n) is 8.84. The van der Waals surface area contributed by atoms with E-state index < -0.39 is 11.0 Å². The van der Waals surface area contributed by atoms with Gasteiger partial charge < -0.3 is 15.3 Å². The van der Waals surface area contributed by atoms with Gasteiger partial charge in [0.1, 0.15) is 0 Å². The molecule has 5 fully saturated rings. The van der Waals surface area contributed by atoms with Gasteiger partial charge in [-0.25, -0.2) is 0 Å². The largest absolute Gasteiger partial charge is 0.390 e. The Morgan fingerprint density at radius 3 is 2.33 bits per heavy atom. The maximum Gasteiger partial charge on any atom is 0.242 e. The fourth-order valence-electron chi connectivity index (χ4n) is 5.75. The molecule has 1 saturated heterocycles. The zero-order chi connectivity index (χ0) is 16.1. The number of nitrogens with zero attached hydrogens (tertiary/aromatic N) is 1. The normalized spacial score (nSPS) is 40.1. The highest BCUT2D eigenvalue weighted by Crippen LogP contribution is 2.61. The van der Waals surface area contributed by atoms with Crippen molar-refractivity contribution in [2.75, 3.05) is 31.1 Å². The number of rotatable bonds is 3. The smallest absolute Gasteiger partial charge is 0.242 e. The minimum absolute atomic E-state index is 0. The first kappa shape index (κ1) is 18.3. The van der Waals surface area contributed by atoms with Gasteiger partial charge >= 0.3 is 0 Å². The van der Waals surface area contributed by atoms with Crippen LogP contribution in [0.25, 0.3) is 0 Å². The summed E-state index contributed by atoms with van der Waals surface area (Å²) in [7, 11) is 0. The van der Waals surface area contributed by atoms with Crippen LogP contribution in [0.4, 0.5) is 0 Å². The molecule has 4 bridgehead atoms. The van der Waals surface area contributed by atoms with Crippen LogP contribution in [0.2, 0.25) is 0 Å². The van der Waals surface area contributed by atoms with Crippen molar-refractivity contribution in [1.29, 1.82) is 0 Å². The third kappa shape index (κ3) is 3.29. The Hall–Kier alpha value is -0.460. The summed E-state index contributed by atoms with van der Waals surface area (Å²) in [5.41, 5.74) is -1.05. The number of nitrogens with one attached hydrogen (secondary N) is 1. The number of aliphatic hydroxyl groups is 1. The number of hydrogen-bond donors (Lipinski definition) is 2. The predicted molar refractivity (Wildman–Crippen MR) is 96.2 cm³/mol. The van der Waals surface area contributed by atoms with Crippen LogP contribution in [0.3, 0.4) is 0 Å². The molecule has 5 aliphatic rings. The minimum Gasteiger partial charge on any atom is -0.390 e. The molecule has 0 radical (unpaired) electrons. The summed E-state index contributed by atoms with van der Waals surface area (Å²) in [4.78, 5) is 26.9. The molecule has 1 aliphatic heterocycles. The molecule has 2 atom stereocenters. The molecule has 4 aliphatic carbocycles. The molecule has 0 aromatic heterocycles. The average molecular weight is 375 g/mol. The zero-order valence-corrected chi connectivity index (χ0v) is 15.6. The number of hydrogen-bond acceptors (Lipinski definition) is 4. The van der Waals surface area contributed by atoms with Crippen molar-refractivity contribution in [1.82, 2.24) is 10.2 Å². The van der Waals surface area contributed by atoms with Crippen LogP contribution >= 0.6 is 24.2 Å². The Bertz CT molecular complexity index is 510. The van der Waals surface area contributed by atoms with Gasteiger partial charge in [-0.05, 0) is 50.4 Å². The topological polar surface area (TPSA) is 69.6 Å². The summed E-state index contributed by atoms with van der Waals surface area (Å²) in [5, 5.41) is 13.6. The van der Waals surface area contributed by atoms with Crippen molar-refractivity contribution >= 4 is 36.0 Å². The fourth-order valence-corrected chi connectivity index (χ4v) is 6.65. The summed E-state index contributed by atoms with van der Waals surface area (Å²) in [5.74, 6) is 2.98. The lowest BCUT2D eigenvalue weighted by atomic mass is 9.47. The lowest BCUT2D eigenvalue weighted by Crippen LogP contribution is -2.60. The molecular weight excluding hydrogens is 348 g/mol. The van der Waals surface area contributed by atoms with Crippen molar-refractivity contribution in [3.63, 3.8) is 0 Å². The van der Waals surface area contributed by atoms with Crippen LogP contribution in [-0.2, 0) is 9.59 Å². The quantitative estimate of drug-likeness (QED) is 0.784. The first-order valence-corrected chi connectivity index (χ1v) is 10.00. The Kier molecular flexibility index (Phi) is 5.11. The van der Waals surface area contributed by atoms with E-state index in [1.54, 1.807) is 0 Å². The van der Waals surface area contributed by atoms with Gasteiger partial charge in [-0.3, -0.25) is 9.59 Å². The minimum atomic E-state index is -0.629. The maximum absolute atomic E-state index is 12.8. The Morgan fingerprint density at radius 2 is 1.75 bits per heavy atom. The number of carbonyl (C=O) groups is 2. The average Bonchev–Trinajstić information content (AvgIpc) is 2.50. The summed E-state index contributed by atoms with van der Waals surface area (Å²) < 4.78 is 0. The number of carbonyl (C=O) groups excluding carboxylic acids is 2. The highest BCUT2D eigenvalue weighted by molar-refractivity contribution is 7.99. The first-order chi connectivity index (χ1) is 11.0. The lowest BCUT2D eigenvalue weighted by Gasteiger charge is -2.59. The molecule has 0 aromatic carbocycles. The molecule has 136 valence electrons. The van der Waals surface area contributed by atoms with E-state index in [1.165, 1.54) is 6.42 Å². The molecule has 2 N–H and O–H groups in total. The molecule has 4 saturated carbocycles. The van der Waals surface area contributed by atoms with E-state index in [0.717, 1.165) is 50.3 Å². The third-order valence-corrected chi connectivity index (χ3v) is 7.22. The van der Waals surface area contributed by atoms with Crippen LogP contribution in [0.1, 0.15) is 38.5 Å².